The van der Waals surface area contributed by atoms with Gasteiger partial charge in [-0.25, -0.2) is 13.1 Å². The summed E-state index contributed by atoms with van der Waals surface area (Å²) in [5.74, 6) is 0. The third-order valence-corrected chi connectivity index (χ3v) is 4.96. The second-order valence-electron chi connectivity index (χ2n) is 5.48. The Bertz CT molecular complexity index is 529. The van der Waals surface area contributed by atoms with Crippen molar-refractivity contribution in [3.63, 3.8) is 0 Å². The lowest BCUT2D eigenvalue weighted by Gasteiger charge is -2.20. The van der Waals surface area contributed by atoms with Gasteiger partial charge in [0.1, 0.15) is 0 Å². The van der Waals surface area contributed by atoms with Crippen LogP contribution in [0.25, 0.3) is 0 Å². The van der Waals surface area contributed by atoms with Crippen LogP contribution in [0, 0.1) is 0 Å². The highest BCUT2D eigenvalue weighted by molar-refractivity contribution is 7.89. The van der Waals surface area contributed by atoms with E-state index < -0.39 is 10.0 Å². The Hall–Kier alpha value is -0.950. The highest BCUT2D eigenvalue weighted by Crippen LogP contribution is 2.11. The summed E-state index contributed by atoms with van der Waals surface area (Å²) in [5.41, 5.74) is 0.594. The first-order valence-corrected chi connectivity index (χ1v) is 8.75. The lowest BCUT2D eigenvalue weighted by atomic mass is 10.2. The van der Waals surface area contributed by atoms with Crippen LogP contribution in [0.15, 0.2) is 29.2 Å². The third kappa shape index (κ3) is 6.13. The van der Waals surface area contributed by atoms with Crippen molar-refractivity contribution in [1.82, 2.24) is 9.62 Å². The molecule has 0 fully saturated rings. The number of hydrogen-bond acceptors (Lipinski definition) is 4. The molecule has 21 heavy (non-hydrogen) atoms. The highest BCUT2D eigenvalue weighted by atomic mass is 32.2. The molecule has 5 nitrogen and oxygen atoms in total. The molecule has 0 saturated carbocycles. The van der Waals surface area contributed by atoms with Gasteiger partial charge >= 0.3 is 0 Å². The van der Waals surface area contributed by atoms with Gasteiger partial charge in [0.15, 0.2) is 0 Å². The topological polar surface area (TPSA) is 69.6 Å². The number of unbranched alkanes of at least 4 members (excludes halogenated alkanes) is 1. The summed E-state index contributed by atoms with van der Waals surface area (Å²) < 4.78 is 26.8. The third-order valence-electron chi connectivity index (χ3n) is 3.50. The van der Waals surface area contributed by atoms with E-state index in [9.17, 15) is 8.42 Å². The summed E-state index contributed by atoms with van der Waals surface area (Å²) >= 11 is 0. The average molecular weight is 314 g/mol. The normalized spacial score (nSPS) is 12.3. The van der Waals surface area contributed by atoms with Crippen LogP contribution < -0.4 is 4.72 Å². The van der Waals surface area contributed by atoms with Crippen LogP contribution in [0.4, 0.5) is 0 Å². The predicted molar refractivity (Wildman–Crippen MR) is 84.6 cm³/mol. The Morgan fingerprint density at radius 1 is 1.29 bits per heavy atom. The maximum Gasteiger partial charge on any atom is 0.240 e. The van der Waals surface area contributed by atoms with E-state index in [-0.39, 0.29) is 11.5 Å². The zero-order valence-electron chi connectivity index (χ0n) is 13.0. The maximum absolute atomic E-state index is 12.1. The lowest BCUT2D eigenvalue weighted by Crippen LogP contribution is -2.29. The number of benzene rings is 1. The Morgan fingerprint density at radius 3 is 2.62 bits per heavy atom. The minimum atomic E-state index is -3.48. The Kier molecular flexibility index (Phi) is 7.31. The minimum absolute atomic E-state index is 0.162. The summed E-state index contributed by atoms with van der Waals surface area (Å²) in [6.07, 6.45) is 1.75. The fourth-order valence-corrected chi connectivity index (χ4v) is 2.99. The molecule has 0 aliphatic carbocycles. The van der Waals surface area contributed by atoms with Crippen molar-refractivity contribution in [2.45, 2.75) is 44.2 Å². The monoisotopic (exact) mass is 314 g/mol. The van der Waals surface area contributed by atoms with Crippen LogP contribution in [0.2, 0.25) is 0 Å². The van der Waals surface area contributed by atoms with E-state index >= 15 is 0 Å². The zero-order valence-corrected chi connectivity index (χ0v) is 13.9. The number of hydrogen-bond donors (Lipinski definition) is 2. The first kappa shape index (κ1) is 18.1. The molecule has 0 radical (unpaired) electrons. The lowest BCUT2D eigenvalue weighted by molar-refractivity contribution is 0.268. The first-order valence-electron chi connectivity index (χ1n) is 7.26. The molecule has 1 aromatic carbocycles. The van der Waals surface area contributed by atoms with Gasteiger partial charge in [-0.05, 0) is 58.0 Å². The van der Waals surface area contributed by atoms with Crippen molar-refractivity contribution in [3.8, 4) is 0 Å². The Labute approximate surface area is 128 Å². The quantitative estimate of drug-likeness (QED) is 0.679. The second kappa shape index (κ2) is 8.48. The maximum atomic E-state index is 12.1. The summed E-state index contributed by atoms with van der Waals surface area (Å²) in [6, 6.07) is 6.87. The molecular formula is C15H26N2O3S. The van der Waals surface area contributed by atoms with Gasteiger partial charge in [-0.3, -0.25) is 0 Å². The van der Waals surface area contributed by atoms with Crippen molar-refractivity contribution in [3.05, 3.63) is 29.8 Å². The fourth-order valence-electron chi connectivity index (χ4n) is 1.85. The molecule has 1 rings (SSSR count). The molecule has 120 valence electrons. The second-order valence-corrected chi connectivity index (χ2v) is 7.25. The van der Waals surface area contributed by atoms with Crippen molar-refractivity contribution in [2.75, 3.05) is 20.1 Å². The number of nitrogens with zero attached hydrogens (tertiary/aromatic N) is 1. The number of nitrogens with one attached hydrogen (secondary N) is 1. The van der Waals surface area contributed by atoms with Crippen LogP contribution in [-0.4, -0.2) is 44.6 Å². The fraction of sp³-hybridized carbons (Fsp3) is 0.600. The largest absolute Gasteiger partial charge is 0.392 e. The van der Waals surface area contributed by atoms with Gasteiger partial charge in [0.2, 0.25) is 10.0 Å². The molecule has 0 aromatic heterocycles. The van der Waals surface area contributed by atoms with Crippen molar-refractivity contribution < 1.29 is 13.5 Å². The number of aliphatic hydroxyl groups excluding tert-OH is 1. The zero-order chi connectivity index (χ0) is 15.9. The van der Waals surface area contributed by atoms with Crippen LogP contribution in [-0.2, 0) is 16.6 Å². The van der Waals surface area contributed by atoms with Crippen LogP contribution in [0.1, 0.15) is 32.3 Å². The van der Waals surface area contributed by atoms with Gasteiger partial charge in [0, 0.05) is 12.6 Å². The van der Waals surface area contributed by atoms with Gasteiger partial charge in [0.05, 0.1) is 11.5 Å². The smallest absolute Gasteiger partial charge is 0.240 e. The van der Waals surface area contributed by atoms with Crippen molar-refractivity contribution in [2.24, 2.45) is 0 Å². The van der Waals surface area contributed by atoms with Crippen LogP contribution in [0.3, 0.4) is 0 Å². The van der Waals surface area contributed by atoms with Gasteiger partial charge in [-0.2, -0.15) is 0 Å². The van der Waals surface area contributed by atoms with Crippen molar-refractivity contribution >= 4 is 10.0 Å². The van der Waals surface area contributed by atoms with E-state index in [2.05, 4.69) is 30.5 Å². The first-order chi connectivity index (χ1) is 9.86. The standard InChI is InChI=1S/C15H26N2O3S/c1-13(2)17(3)10-5-4-9-16-21(19,20)15-8-6-7-14(11-15)12-18/h6-8,11,13,16,18H,4-5,9-10,12H2,1-3H3. The van der Waals surface area contributed by atoms with E-state index in [1.165, 1.54) is 12.1 Å². The van der Waals surface area contributed by atoms with E-state index in [4.69, 9.17) is 5.11 Å². The predicted octanol–water partition coefficient (Wildman–Crippen LogP) is 1.58. The Morgan fingerprint density at radius 2 is 2.00 bits per heavy atom. The van der Waals surface area contributed by atoms with Crippen LogP contribution in [0.5, 0.6) is 0 Å². The van der Waals surface area contributed by atoms with Gasteiger partial charge in [-0.1, -0.05) is 12.1 Å². The van der Waals surface area contributed by atoms with E-state index in [1.54, 1.807) is 12.1 Å². The molecular weight excluding hydrogens is 288 g/mol. The highest BCUT2D eigenvalue weighted by Gasteiger charge is 2.13. The van der Waals surface area contributed by atoms with E-state index in [0.29, 0.717) is 18.2 Å². The summed E-state index contributed by atoms with van der Waals surface area (Å²) in [6.45, 7) is 5.50. The number of sulfonamides is 1. The molecule has 0 heterocycles. The van der Waals surface area contributed by atoms with Crippen molar-refractivity contribution in [1.29, 1.82) is 0 Å². The summed E-state index contributed by atoms with van der Waals surface area (Å²) in [5, 5.41) is 9.05. The Balaban J connectivity index is 2.43. The van der Waals surface area contributed by atoms with Crippen LogP contribution >= 0.6 is 0 Å². The summed E-state index contributed by atoms with van der Waals surface area (Å²) in [7, 11) is -1.42. The molecule has 0 saturated heterocycles. The minimum Gasteiger partial charge on any atom is -0.392 e. The van der Waals surface area contributed by atoms with Gasteiger partial charge in [0.25, 0.3) is 0 Å². The number of rotatable bonds is 9. The summed E-state index contributed by atoms with van der Waals surface area (Å²) in [4.78, 5) is 2.44. The molecule has 0 aliphatic heterocycles. The molecule has 0 amide bonds. The van der Waals surface area contributed by atoms with Gasteiger partial charge in [-0.15, -0.1) is 0 Å². The SMILES string of the molecule is CC(C)N(C)CCCCNS(=O)(=O)c1cccc(CO)c1. The van der Waals surface area contributed by atoms with E-state index in [1.807, 2.05) is 0 Å². The molecule has 0 spiro atoms. The molecule has 1 aromatic rings. The van der Waals surface area contributed by atoms with Gasteiger partial charge < -0.3 is 10.0 Å². The molecule has 2 N–H and O–H groups in total. The molecule has 0 bridgehead atoms. The average Bonchev–Trinajstić information content (AvgIpc) is 2.46. The number of aliphatic hydroxyl groups is 1. The van der Waals surface area contributed by atoms with E-state index in [0.717, 1.165) is 19.4 Å². The molecule has 0 unspecified atom stereocenters. The molecule has 0 atom stereocenters. The molecule has 0 aliphatic rings. The molecule has 6 heteroatoms.